The molecule has 0 aliphatic heterocycles. The highest BCUT2D eigenvalue weighted by atomic mass is 16.5. The van der Waals surface area contributed by atoms with E-state index in [1.807, 2.05) is 24.3 Å². The van der Waals surface area contributed by atoms with Gasteiger partial charge in [-0.25, -0.2) is 0 Å². The fourth-order valence-electron chi connectivity index (χ4n) is 1.80. The van der Waals surface area contributed by atoms with Crippen molar-refractivity contribution < 1.29 is 19.4 Å². The zero-order valence-electron chi connectivity index (χ0n) is 11.4. The van der Waals surface area contributed by atoms with Gasteiger partial charge in [-0.2, -0.15) is 0 Å². The molecule has 0 aliphatic carbocycles. The van der Waals surface area contributed by atoms with Gasteiger partial charge in [0.15, 0.2) is 0 Å². The normalized spacial score (nSPS) is 11.7. The Hall–Kier alpha value is -2.04. The van der Waals surface area contributed by atoms with Gasteiger partial charge in [0.1, 0.15) is 11.7 Å². The van der Waals surface area contributed by atoms with Crippen LogP contribution in [0.5, 0.6) is 5.75 Å². The van der Waals surface area contributed by atoms with Crippen molar-refractivity contribution in [1.82, 2.24) is 4.90 Å². The summed E-state index contributed by atoms with van der Waals surface area (Å²) in [5.41, 5.74) is 0.928. The maximum atomic E-state index is 12.0. The highest BCUT2D eigenvalue weighted by Crippen LogP contribution is 2.14. The standard InChI is InChI=1S/C14H19NO4/c1-4-12(14(17)18)13(16)15(2)9-10-5-7-11(19-3)8-6-10/h5-8,12H,4,9H2,1-3H3,(H,17,18). The van der Waals surface area contributed by atoms with Crippen LogP contribution < -0.4 is 4.74 Å². The lowest BCUT2D eigenvalue weighted by Gasteiger charge is -2.20. The van der Waals surface area contributed by atoms with Crippen molar-refractivity contribution in [2.24, 2.45) is 5.92 Å². The number of hydrogen-bond donors (Lipinski definition) is 1. The fourth-order valence-corrected chi connectivity index (χ4v) is 1.80. The Bertz CT molecular complexity index is 441. The highest BCUT2D eigenvalue weighted by molar-refractivity contribution is 5.96. The lowest BCUT2D eigenvalue weighted by molar-refractivity contribution is -0.150. The van der Waals surface area contributed by atoms with Crippen molar-refractivity contribution in [2.45, 2.75) is 19.9 Å². The van der Waals surface area contributed by atoms with E-state index in [0.29, 0.717) is 13.0 Å². The molecule has 1 aromatic carbocycles. The van der Waals surface area contributed by atoms with Crippen LogP contribution >= 0.6 is 0 Å². The number of nitrogens with zero attached hydrogens (tertiary/aromatic N) is 1. The monoisotopic (exact) mass is 265 g/mol. The minimum Gasteiger partial charge on any atom is -0.497 e. The van der Waals surface area contributed by atoms with Gasteiger partial charge in [0.2, 0.25) is 5.91 Å². The molecule has 0 aliphatic rings. The molecule has 0 bridgehead atoms. The van der Waals surface area contributed by atoms with Gasteiger partial charge in [-0.15, -0.1) is 0 Å². The molecule has 19 heavy (non-hydrogen) atoms. The van der Waals surface area contributed by atoms with Crippen LogP contribution in [0.15, 0.2) is 24.3 Å². The summed E-state index contributed by atoms with van der Waals surface area (Å²) in [6.07, 6.45) is 0.293. The smallest absolute Gasteiger partial charge is 0.316 e. The molecular weight excluding hydrogens is 246 g/mol. The maximum Gasteiger partial charge on any atom is 0.316 e. The molecule has 1 atom stereocenters. The molecule has 1 rings (SSSR count). The van der Waals surface area contributed by atoms with Crippen LogP contribution in [-0.4, -0.2) is 36.0 Å². The van der Waals surface area contributed by atoms with Crippen LogP contribution in [0.4, 0.5) is 0 Å². The third-order valence-corrected chi connectivity index (χ3v) is 2.96. The summed E-state index contributed by atoms with van der Waals surface area (Å²) in [5, 5.41) is 8.96. The van der Waals surface area contributed by atoms with E-state index < -0.39 is 11.9 Å². The molecule has 0 radical (unpaired) electrons. The number of amides is 1. The fraction of sp³-hybridized carbons (Fsp3) is 0.429. The summed E-state index contributed by atoms with van der Waals surface area (Å²) in [5.74, 6) is -1.67. The third-order valence-electron chi connectivity index (χ3n) is 2.96. The van der Waals surface area contributed by atoms with E-state index in [1.54, 1.807) is 21.1 Å². The van der Waals surface area contributed by atoms with E-state index in [4.69, 9.17) is 9.84 Å². The van der Waals surface area contributed by atoms with Gasteiger partial charge < -0.3 is 14.7 Å². The first-order chi connectivity index (χ1) is 8.99. The molecule has 1 N–H and O–H groups in total. The molecule has 5 nitrogen and oxygen atoms in total. The first kappa shape index (κ1) is 15.0. The SMILES string of the molecule is CCC(C(=O)O)C(=O)N(C)Cc1ccc(OC)cc1. The molecule has 1 unspecified atom stereocenters. The van der Waals surface area contributed by atoms with E-state index in [9.17, 15) is 9.59 Å². The lowest BCUT2D eigenvalue weighted by Crippen LogP contribution is -2.36. The molecule has 1 aromatic rings. The summed E-state index contributed by atoms with van der Waals surface area (Å²) in [6, 6.07) is 7.32. The molecule has 0 aromatic heterocycles. The minimum absolute atomic E-state index is 0.293. The Morgan fingerprint density at radius 3 is 2.32 bits per heavy atom. The number of carbonyl (C=O) groups excluding carboxylic acids is 1. The molecule has 0 saturated carbocycles. The molecule has 0 spiro atoms. The number of ether oxygens (including phenoxy) is 1. The van der Waals surface area contributed by atoms with Crippen molar-refractivity contribution in [3.63, 3.8) is 0 Å². The first-order valence-electron chi connectivity index (χ1n) is 6.10. The molecule has 104 valence electrons. The van der Waals surface area contributed by atoms with Gasteiger partial charge >= 0.3 is 5.97 Å². The Morgan fingerprint density at radius 1 is 1.32 bits per heavy atom. The number of hydrogen-bond acceptors (Lipinski definition) is 3. The average molecular weight is 265 g/mol. The van der Waals surface area contributed by atoms with Crippen LogP contribution in [0.25, 0.3) is 0 Å². The first-order valence-corrected chi connectivity index (χ1v) is 6.10. The van der Waals surface area contributed by atoms with Gasteiger partial charge in [-0.05, 0) is 24.1 Å². The second kappa shape index (κ2) is 6.78. The highest BCUT2D eigenvalue weighted by Gasteiger charge is 2.26. The Balaban J connectivity index is 2.69. The number of rotatable bonds is 6. The maximum absolute atomic E-state index is 12.0. The second-order valence-electron chi connectivity index (χ2n) is 4.34. The Morgan fingerprint density at radius 2 is 1.89 bits per heavy atom. The van der Waals surface area contributed by atoms with Crippen LogP contribution in [0.1, 0.15) is 18.9 Å². The topological polar surface area (TPSA) is 66.8 Å². The summed E-state index contributed by atoms with van der Waals surface area (Å²) in [6.45, 7) is 2.07. The third kappa shape index (κ3) is 3.98. The predicted molar refractivity (Wildman–Crippen MR) is 70.9 cm³/mol. The largest absolute Gasteiger partial charge is 0.497 e. The van der Waals surface area contributed by atoms with Crippen LogP contribution in [0.2, 0.25) is 0 Å². The quantitative estimate of drug-likeness (QED) is 0.796. The lowest BCUT2D eigenvalue weighted by atomic mass is 10.1. The molecule has 1 amide bonds. The van der Waals surface area contributed by atoms with E-state index in [-0.39, 0.29) is 5.91 Å². The van der Waals surface area contributed by atoms with Crippen LogP contribution in [0.3, 0.4) is 0 Å². The summed E-state index contributed by atoms with van der Waals surface area (Å²) < 4.78 is 5.05. The van der Waals surface area contributed by atoms with Crippen LogP contribution in [0, 0.1) is 5.92 Å². The van der Waals surface area contributed by atoms with Crippen molar-refractivity contribution in [3.05, 3.63) is 29.8 Å². The van der Waals surface area contributed by atoms with Gasteiger partial charge in [-0.3, -0.25) is 9.59 Å². The van der Waals surface area contributed by atoms with Gasteiger partial charge in [-0.1, -0.05) is 19.1 Å². The second-order valence-corrected chi connectivity index (χ2v) is 4.34. The number of aliphatic carboxylic acids is 1. The van der Waals surface area contributed by atoms with E-state index >= 15 is 0 Å². The molecule has 0 fully saturated rings. The number of carboxylic acid groups (broad SMARTS) is 1. The predicted octanol–water partition coefficient (Wildman–Crippen LogP) is 1.76. The average Bonchev–Trinajstić information content (AvgIpc) is 2.39. The molecular formula is C14H19NO4. The van der Waals surface area contributed by atoms with E-state index in [2.05, 4.69) is 0 Å². The number of carbonyl (C=O) groups is 2. The van der Waals surface area contributed by atoms with E-state index in [0.717, 1.165) is 11.3 Å². The van der Waals surface area contributed by atoms with Gasteiger partial charge in [0.25, 0.3) is 0 Å². The summed E-state index contributed by atoms with van der Waals surface area (Å²) >= 11 is 0. The number of carboxylic acids is 1. The molecule has 5 heteroatoms. The summed E-state index contributed by atoms with van der Waals surface area (Å²) in [7, 11) is 3.20. The summed E-state index contributed by atoms with van der Waals surface area (Å²) in [4.78, 5) is 24.3. The van der Waals surface area contributed by atoms with E-state index in [1.165, 1.54) is 4.90 Å². The van der Waals surface area contributed by atoms with Crippen LogP contribution in [-0.2, 0) is 16.1 Å². The zero-order valence-corrected chi connectivity index (χ0v) is 11.4. The van der Waals surface area contributed by atoms with Crippen molar-refractivity contribution >= 4 is 11.9 Å². The van der Waals surface area contributed by atoms with Gasteiger partial charge in [0, 0.05) is 13.6 Å². The van der Waals surface area contributed by atoms with Crippen molar-refractivity contribution in [3.8, 4) is 5.75 Å². The minimum atomic E-state index is -1.07. The Kier molecular flexibility index (Phi) is 5.36. The van der Waals surface area contributed by atoms with Gasteiger partial charge in [0.05, 0.1) is 7.11 Å². The molecule has 0 heterocycles. The number of methoxy groups -OCH3 is 1. The number of benzene rings is 1. The molecule has 0 saturated heterocycles. The Labute approximate surface area is 112 Å². The zero-order chi connectivity index (χ0) is 14.4. The van der Waals surface area contributed by atoms with Crippen molar-refractivity contribution in [1.29, 1.82) is 0 Å². The van der Waals surface area contributed by atoms with Crippen molar-refractivity contribution in [2.75, 3.05) is 14.2 Å².